The second-order valence-corrected chi connectivity index (χ2v) is 7.38. The molecule has 1 aromatic heterocycles. The molecule has 8 heteroatoms. The van der Waals surface area contributed by atoms with E-state index in [9.17, 15) is 13.6 Å². The fourth-order valence-corrected chi connectivity index (χ4v) is 3.05. The van der Waals surface area contributed by atoms with Gasteiger partial charge in [0.05, 0.1) is 12.3 Å². The van der Waals surface area contributed by atoms with Crippen molar-refractivity contribution in [3.05, 3.63) is 76.5 Å². The van der Waals surface area contributed by atoms with Gasteiger partial charge in [-0.2, -0.15) is 5.11 Å². The highest BCUT2D eigenvalue weighted by Crippen LogP contribution is 2.29. The van der Waals surface area contributed by atoms with Crippen molar-refractivity contribution >= 4 is 34.8 Å². The number of hydrogen-bond donors (Lipinski definition) is 0. The summed E-state index contributed by atoms with van der Waals surface area (Å²) in [7, 11) is 0. The average Bonchev–Trinajstić information content (AvgIpc) is 3.27. The number of esters is 1. The molecule has 3 aromatic rings. The molecule has 0 bridgehead atoms. The van der Waals surface area contributed by atoms with Crippen molar-refractivity contribution in [3.63, 3.8) is 0 Å². The monoisotopic (exact) mass is 442 g/mol. The van der Waals surface area contributed by atoms with Gasteiger partial charge in [-0.05, 0) is 48.2 Å². The maximum atomic E-state index is 14.3. The Morgan fingerprint density at radius 3 is 2.45 bits per heavy atom. The molecule has 0 saturated heterocycles. The first-order valence-electron chi connectivity index (χ1n) is 9.62. The summed E-state index contributed by atoms with van der Waals surface area (Å²) in [5, 5.41) is 9.37. The lowest BCUT2D eigenvalue weighted by Crippen LogP contribution is -2.04. The van der Waals surface area contributed by atoms with Crippen LogP contribution in [0.4, 0.5) is 20.2 Å². The number of hydrogen-bond acceptors (Lipinski definition) is 6. The lowest BCUT2D eigenvalue weighted by atomic mass is 10.2. The Bertz CT molecular complexity index is 1040. The van der Waals surface area contributed by atoms with E-state index in [1.54, 1.807) is 30.3 Å². The van der Waals surface area contributed by atoms with Crippen LogP contribution >= 0.6 is 11.3 Å². The molecule has 0 aliphatic rings. The summed E-state index contributed by atoms with van der Waals surface area (Å²) < 4.78 is 39.1. The molecule has 0 N–H and O–H groups in total. The Kier molecular flexibility index (Phi) is 8.00. The zero-order valence-corrected chi connectivity index (χ0v) is 17.6. The Morgan fingerprint density at radius 2 is 1.81 bits per heavy atom. The minimum absolute atomic E-state index is 0.261. The summed E-state index contributed by atoms with van der Waals surface area (Å²) in [6.07, 6.45) is 4.73. The Morgan fingerprint density at radius 1 is 1.06 bits per heavy atom. The normalized spacial score (nSPS) is 11.3. The van der Waals surface area contributed by atoms with Gasteiger partial charge in [0.25, 0.3) is 0 Å². The van der Waals surface area contributed by atoms with Crippen LogP contribution in [0, 0.1) is 11.6 Å². The predicted octanol–water partition coefficient (Wildman–Crippen LogP) is 7.24. The highest BCUT2D eigenvalue weighted by Gasteiger charge is 2.13. The van der Waals surface area contributed by atoms with E-state index < -0.39 is 23.3 Å². The number of ether oxygens (including phenoxy) is 2. The molecule has 3 rings (SSSR count). The fourth-order valence-electron chi connectivity index (χ4n) is 2.43. The van der Waals surface area contributed by atoms with Crippen LogP contribution in [-0.2, 0) is 4.79 Å². The number of benzene rings is 2. The zero-order valence-electron chi connectivity index (χ0n) is 16.8. The summed E-state index contributed by atoms with van der Waals surface area (Å²) in [4.78, 5) is 12.7. The number of thiophene rings is 1. The Balaban J connectivity index is 1.64. The Hall–Kier alpha value is -3.39. The van der Waals surface area contributed by atoms with Crippen molar-refractivity contribution in [2.24, 2.45) is 10.2 Å². The van der Waals surface area contributed by atoms with Crippen LogP contribution in [0.2, 0.25) is 0 Å². The number of rotatable bonds is 9. The van der Waals surface area contributed by atoms with Gasteiger partial charge in [-0.1, -0.05) is 19.4 Å². The maximum Gasteiger partial charge on any atom is 0.336 e. The van der Waals surface area contributed by atoms with Gasteiger partial charge in [0, 0.05) is 23.1 Å². The zero-order chi connectivity index (χ0) is 22.1. The van der Waals surface area contributed by atoms with Gasteiger partial charge in [0.15, 0.2) is 17.3 Å². The van der Waals surface area contributed by atoms with E-state index in [1.165, 1.54) is 17.4 Å². The average molecular weight is 442 g/mol. The van der Waals surface area contributed by atoms with Gasteiger partial charge < -0.3 is 9.47 Å². The molecule has 0 unspecified atom stereocenters. The van der Waals surface area contributed by atoms with E-state index in [2.05, 4.69) is 17.2 Å². The topological polar surface area (TPSA) is 60.3 Å². The number of carbonyl (C=O) groups excluding carboxylic acids is 1. The van der Waals surface area contributed by atoms with Crippen LogP contribution < -0.4 is 9.47 Å². The molecule has 0 radical (unpaired) electrons. The van der Waals surface area contributed by atoms with E-state index in [4.69, 9.17) is 9.47 Å². The molecule has 0 saturated carbocycles. The van der Waals surface area contributed by atoms with Crippen molar-refractivity contribution < 1.29 is 23.0 Å². The van der Waals surface area contributed by atoms with Crippen molar-refractivity contribution in [2.75, 3.05) is 6.61 Å². The first kappa shape index (κ1) is 22.3. The van der Waals surface area contributed by atoms with E-state index in [0.717, 1.165) is 29.9 Å². The molecule has 1 heterocycles. The largest absolute Gasteiger partial charge is 0.494 e. The van der Waals surface area contributed by atoms with Crippen molar-refractivity contribution in [2.45, 2.75) is 19.8 Å². The summed E-state index contributed by atoms with van der Waals surface area (Å²) in [5.41, 5.74) is -0.159. The van der Waals surface area contributed by atoms with Crippen molar-refractivity contribution in [3.8, 4) is 11.5 Å². The lowest BCUT2D eigenvalue weighted by molar-refractivity contribution is -0.128. The predicted molar refractivity (Wildman–Crippen MR) is 116 cm³/mol. The van der Waals surface area contributed by atoms with Crippen LogP contribution in [0.1, 0.15) is 24.6 Å². The summed E-state index contributed by atoms with van der Waals surface area (Å²) in [5.74, 6) is -2.31. The molecule has 31 heavy (non-hydrogen) atoms. The third-order valence-corrected chi connectivity index (χ3v) is 4.84. The Labute approximate surface area is 182 Å². The molecule has 0 atom stereocenters. The number of azo groups is 1. The second-order valence-electron chi connectivity index (χ2n) is 6.40. The SMILES string of the molecule is CCCCOc1ccc(N=Nc2c(F)cc(OC(=O)/C=C/c3cccs3)cc2F)cc1. The standard InChI is InChI=1S/C23H20F2N2O3S/c1-2-3-12-29-17-8-6-16(7-9-17)26-27-23-20(24)14-18(15-21(23)25)30-22(28)11-10-19-5-4-13-31-19/h4-11,13-15H,2-3,12H2,1H3/b11-10+,27-26?. The third kappa shape index (κ3) is 6.82. The third-order valence-electron chi connectivity index (χ3n) is 4.00. The van der Waals surface area contributed by atoms with Crippen LogP contribution in [-0.4, -0.2) is 12.6 Å². The highest BCUT2D eigenvalue weighted by atomic mass is 32.1. The summed E-state index contributed by atoms with van der Waals surface area (Å²) in [6, 6.07) is 12.1. The van der Waals surface area contributed by atoms with Crippen LogP contribution in [0.5, 0.6) is 11.5 Å². The first-order chi connectivity index (χ1) is 15.0. The lowest BCUT2D eigenvalue weighted by Gasteiger charge is -2.05. The van der Waals surface area contributed by atoms with Crippen molar-refractivity contribution in [1.29, 1.82) is 0 Å². The van der Waals surface area contributed by atoms with Gasteiger partial charge in [0.1, 0.15) is 11.5 Å². The molecule has 0 aliphatic heterocycles. The number of unbranched alkanes of at least 4 members (excludes halogenated alkanes) is 1. The minimum Gasteiger partial charge on any atom is -0.494 e. The minimum atomic E-state index is -0.992. The summed E-state index contributed by atoms with van der Waals surface area (Å²) in [6.45, 7) is 2.69. The maximum absolute atomic E-state index is 14.3. The van der Waals surface area contributed by atoms with E-state index in [1.807, 2.05) is 17.5 Å². The smallest absolute Gasteiger partial charge is 0.336 e. The molecular formula is C23H20F2N2O3S. The van der Waals surface area contributed by atoms with E-state index >= 15 is 0 Å². The number of halogens is 2. The second kappa shape index (κ2) is 11.1. The van der Waals surface area contributed by atoms with E-state index in [-0.39, 0.29) is 5.75 Å². The molecule has 0 spiro atoms. The molecule has 0 fully saturated rings. The molecule has 2 aromatic carbocycles. The first-order valence-corrected chi connectivity index (χ1v) is 10.5. The fraction of sp³-hybridized carbons (Fsp3) is 0.174. The molecule has 5 nitrogen and oxygen atoms in total. The quantitative estimate of drug-likeness (QED) is 0.115. The van der Waals surface area contributed by atoms with Gasteiger partial charge in [-0.15, -0.1) is 16.5 Å². The highest BCUT2D eigenvalue weighted by molar-refractivity contribution is 7.10. The van der Waals surface area contributed by atoms with Crippen LogP contribution in [0.3, 0.4) is 0 Å². The number of carbonyl (C=O) groups is 1. The molecule has 160 valence electrons. The van der Waals surface area contributed by atoms with Gasteiger partial charge in [-0.3, -0.25) is 0 Å². The molecular weight excluding hydrogens is 422 g/mol. The van der Waals surface area contributed by atoms with E-state index in [0.29, 0.717) is 18.0 Å². The van der Waals surface area contributed by atoms with Crippen LogP contribution in [0.25, 0.3) is 6.08 Å². The summed E-state index contributed by atoms with van der Waals surface area (Å²) >= 11 is 1.44. The number of nitrogens with zero attached hydrogens (tertiary/aromatic N) is 2. The van der Waals surface area contributed by atoms with Gasteiger partial charge in [0.2, 0.25) is 0 Å². The molecule has 0 amide bonds. The molecule has 0 aliphatic carbocycles. The van der Waals surface area contributed by atoms with Crippen molar-refractivity contribution in [1.82, 2.24) is 0 Å². The van der Waals surface area contributed by atoms with Gasteiger partial charge in [-0.25, -0.2) is 13.6 Å². The van der Waals surface area contributed by atoms with Gasteiger partial charge >= 0.3 is 5.97 Å². The van der Waals surface area contributed by atoms with Crippen LogP contribution in [0.15, 0.2) is 70.2 Å².